The molecule has 0 unspecified atom stereocenters. The molecule has 0 saturated heterocycles. The molecule has 1 rings (SSSR count). The van der Waals surface area contributed by atoms with Crippen molar-refractivity contribution in [3.05, 3.63) is 11.6 Å². The zero-order valence-electron chi connectivity index (χ0n) is 20.2. The summed E-state index contributed by atoms with van der Waals surface area (Å²) >= 11 is -2.31. The minimum absolute atomic E-state index is 0.0379. The Kier molecular flexibility index (Phi) is 11.0. The van der Waals surface area contributed by atoms with Crippen molar-refractivity contribution in [2.24, 2.45) is 0 Å². The van der Waals surface area contributed by atoms with E-state index in [0.29, 0.717) is 12.2 Å². The zero-order valence-corrected chi connectivity index (χ0v) is 24.1. The fourth-order valence-corrected chi connectivity index (χ4v) is 21.7. The SMILES string of the molecule is CCC[CH2][Sn]([CH2]CCC)([CH2]CCC)[CH2]C1=C[C@H](O[Si](C)(C)C(C)(C)C)CC1=O. The summed E-state index contributed by atoms with van der Waals surface area (Å²) in [5.74, 6) is 0.397. The molecule has 0 bridgehead atoms. The summed E-state index contributed by atoms with van der Waals surface area (Å²) in [5, 5.41) is 0.193. The number of ketones is 1. The van der Waals surface area contributed by atoms with E-state index >= 15 is 0 Å². The van der Waals surface area contributed by atoms with E-state index < -0.39 is 26.7 Å². The fraction of sp³-hybridized carbons (Fsp3) is 0.875. The van der Waals surface area contributed by atoms with Crippen LogP contribution in [0, 0.1) is 0 Å². The topological polar surface area (TPSA) is 26.3 Å². The van der Waals surface area contributed by atoms with E-state index in [1.165, 1.54) is 61.8 Å². The number of hydrogen-bond acceptors (Lipinski definition) is 2. The molecule has 0 radical (unpaired) electrons. The van der Waals surface area contributed by atoms with Crippen molar-refractivity contribution in [2.45, 2.75) is 128 Å². The Hall–Kier alpha value is 0.386. The van der Waals surface area contributed by atoms with Crippen LogP contribution in [0.15, 0.2) is 11.6 Å². The third-order valence-corrected chi connectivity index (χ3v) is 27.0. The Bertz CT molecular complexity index is 497. The van der Waals surface area contributed by atoms with Gasteiger partial charge in [0.15, 0.2) is 0 Å². The van der Waals surface area contributed by atoms with E-state index in [0.717, 1.165) is 0 Å². The first-order valence-corrected chi connectivity index (χ1v) is 22.9. The second-order valence-corrected chi connectivity index (χ2v) is 29.3. The molecule has 4 heteroatoms. The van der Waals surface area contributed by atoms with Gasteiger partial charge in [-0.25, -0.2) is 0 Å². The fourth-order valence-electron chi connectivity index (χ4n) is 4.18. The van der Waals surface area contributed by atoms with E-state index in [9.17, 15) is 4.79 Å². The Morgan fingerprint density at radius 1 is 1.00 bits per heavy atom. The van der Waals surface area contributed by atoms with Crippen LogP contribution in [0.25, 0.3) is 0 Å². The number of rotatable bonds is 13. The maximum absolute atomic E-state index is 12.9. The molecule has 0 fully saturated rings. The number of carbonyl (C=O) groups is 1. The third-order valence-electron chi connectivity index (χ3n) is 7.13. The van der Waals surface area contributed by atoms with Crippen molar-refractivity contribution in [1.82, 2.24) is 0 Å². The number of hydrogen-bond donors (Lipinski definition) is 0. The van der Waals surface area contributed by atoms with Crippen molar-refractivity contribution < 1.29 is 9.22 Å². The molecule has 0 aromatic heterocycles. The second-order valence-electron chi connectivity index (χ2n) is 10.7. The molecule has 0 amide bonds. The Morgan fingerprint density at radius 2 is 1.46 bits per heavy atom. The van der Waals surface area contributed by atoms with Gasteiger partial charge in [0, 0.05) is 0 Å². The molecular formula is C24H48O2SiSn. The minimum atomic E-state index is -2.31. The molecule has 0 aromatic carbocycles. The summed E-state index contributed by atoms with van der Waals surface area (Å²) in [5.41, 5.74) is 1.17. The number of unbranched alkanes of at least 4 members (excludes halogenated alkanes) is 3. The van der Waals surface area contributed by atoms with Crippen LogP contribution in [0.4, 0.5) is 0 Å². The van der Waals surface area contributed by atoms with Crippen molar-refractivity contribution >= 4 is 32.5 Å². The summed E-state index contributed by atoms with van der Waals surface area (Å²) in [6, 6.07) is 0. The Labute approximate surface area is 181 Å². The van der Waals surface area contributed by atoms with Crippen LogP contribution in [0.5, 0.6) is 0 Å². The number of allylic oxidation sites excluding steroid dienone is 1. The molecule has 28 heavy (non-hydrogen) atoms. The van der Waals surface area contributed by atoms with Crippen LogP contribution in [0.1, 0.15) is 86.5 Å². The van der Waals surface area contributed by atoms with Crippen LogP contribution in [0.2, 0.25) is 35.9 Å². The summed E-state index contributed by atoms with van der Waals surface area (Å²) in [6.45, 7) is 18.4. The van der Waals surface area contributed by atoms with Gasteiger partial charge < -0.3 is 0 Å². The monoisotopic (exact) mass is 516 g/mol. The normalized spacial score (nSPS) is 18.6. The number of Topliss-reactive ketones (excluding diaryl/α,β-unsaturated/α-hetero) is 1. The first kappa shape index (κ1) is 26.4. The molecule has 0 N–H and O–H groups in total. The Morgan fingerprint density at radius 3 is 1.86 bits per heavy atom. The molecular weight excluding hydrogens is 467 g/mol. The van der Waals surface area contributed by atoms with Crippen molar-refractivity contribution in [3.8, 4) is 0 Å². The predicted octanol–water partition coefficient (Wildman–Crippen LogP) is 8.13. The molecule has 164 valence electrons. The van der Waals surface area contributed by atoms with Gasteiger partial charge in [0.25, 0.3) is 0 Å². The molecule has 2 nitrogen and oxygen atoms in total. The van der Waals surface area contributed by atoms with Gasteiger partial charge in [-0.15, -0.1) is 0 Å². The standard InChI is InChI=1S/C12H21O2Si.3C4H9.Sn/c1-9-7-10(8-11(9)13)14-15(5,6)12(2,3)4;3*1-3-4-2;/h7,10H,1,8H2,2-6H3;3*1,3-4H2,2H3;/t10-;;;;/m0..../s1. The first-order chi connectivity index (χ1) is 13.0. The van der Waals surface area contributed by atoms with E-state index in [1.54, 1.807) is 0 Å². The van der Waals surface area contributed by atoms with Gasteiger partial charge in [0.1, 0.15) is 0 Å². The van der Waals surface area contributed by atoms with Gasteiger partial charge in [-0.3, -0.25) is 0 Å². The Balaban J connectivity index is 2.99. The predicted molar refractivity (Wildman–Crippen MR) is 129 cm³/mol. The summed E-state index contributed by atoms with van der Waals surface area (Å²) in [7, 11) is -1.83. The van der Waals surface area contributed by atoms with Gasteiger partial charge >= 0.3 is 182 Å². The average Bonchev–Trinajstić information content (AvgIpc) is 2.93. The van der Waals surface area contributed by atoms with E-state index in [2.05, 4.69) is 60.7 Å². The van der Waals surface area contributed by atoms with Crippen molar-refractivity contribution in [2.75, 3.05) is 0 Å². The summed E-state index contributed by atoms with van der Waals surface area (Å²) < 4.78 is 12.2. The van der Waals surface area contributed by atoms with Crippen LogP contribution < -0.4 is 0 Å². The summed E-state index contributed by atoms with van der Waals surface area (Å²) in [4.78, 5) is 12.9. The van der Waals surface area contributed by atoms with Gasteiger partial charge in [-0.1, -0.05) is 0 Å². The van der Waals surface area contributed by atoms with Crippen LogP contribution in [-0.2, 0) is 9.22 Å². The molecule has 1 atom stereocenters. The zero-order chi connectivity index (χ0) is 21.4. The van der Waals surface area contributed by atoms with Crippen LogP contribution in [-0.4, -0.2) is 38.6 Å². The molecule has 0 saturated carbocycles. The molecule has 1 aliphatic carbocycles. The van der Waals surface area contributed by atoms with E-state index in [1.807, 2.05) is 0 Å². The first-order valence-electron chi connectivity index (χ1n) is 11.9. The average molecular weight is 515 g/mol. The van der Waals surface area contributed by atoms with Crippen molar-refractivity contribution in [1.29, 1.82) is 0 Å². The molecule has 1 aliphatic rings. The van der Waals surface area contributed by atoms with Gasteiger partial charge in [-0.2, -0.15) is 0 Å². The second kappa shape index (κ2) is 11.7. The van der Waals surface area contributed by atoms with E-state index in [4.69, 9.17) is 4.43 Å². The summed E-state index contributed by atoms with van der Waals surface area (Å²) in [6.07, 6.45) is 10.9. The maximum atomic E-state index is 12.9. The van der Waals surface area contributed by atoms with Crippen LogP contribution >= 0.6 is 0 Å². The van der Waals surface area contributed by atoms with Gasteiger partial charge in [0.05, 0.1) is 0 Å². The van der Waals surface area contributed by atoms with Crippen molar-refractivity contribution in [3.63, 3.8) is 0 Å². The quantitative estimate of drug-likeness (QED) is 0.232. The van der Waals surface area contributed by atoms with Gasteiger partial charge in [0.2, 0.25) is 0 Å². The van der Waals surface area contributed by atoms with Gasteiger partial charge in [-0.05, 0) is 0 Å². The molecule has 0 aromatic rings. The number of carbonyl (C=O) groups excluding carboxylic acids is 1. The molecule has 0 spiro atoms. The van der Waals surface area contributed by atoms with E-state index in [-0.39, 0.29) is 11.1 Å². The third kappa shape index (κ3) is 7.90. The molecule has 0 aliphatic heterocycles. The molecule has 0 heterocycles. The van der Waals surface area contributed by atoms with Crippen LogP contribution in [0.3, 0.4) is 0 Å².